The van der Waals surface area contributed by atoms with E-state index in [1.54, 1.807) is 0 Å². The van der Waals surface area contributed by atoms with Crippen LogP contribution in [0.4, 0.5) is 0 Å². The summed E-state index contributed by atoms with van der Waals surface area (Å²) in [5, 5.41) is 17.4. The number of hydrogen-bond donors (Lipinski definition) is 3. The van der Waals surface area contributed by atoms with E-state index in [0.29, 0.717) is 31.2 Å². The molecular weight excluding hydrogens is 625 g/mol. The maximum absolute atomic E-state index is 12.8. The maximum Gasteiger partial charge on any atom is 0.224 e. The Labute approximate surface area is 297 Å². The van der Waals surface area contributed by atoms with Crippen molar-refractivity contribution in [3.8, 4) is 5.75 Å². The average Bonchev–Trinajstić information content (AvgIpc) is 3.33. The molecule has 0 unspecified atom stereocenters. The van der Waals surface area contributed by atoms with E-state index in [4.69, 9.17) is 9.16 Å². The van der Waals surface area contributed by atoms with Crippen molar-refractivity contribution in [3.63, 3.8) is 0 Å². The Bertz CT molecular complexity index is 1460. The van der Waals surface area contributed by atoms with Crippen molar-refractivity contribution in [2.24, 2.45) is 5.92 Å². The Hall–Kier alpha value is -2.97. The number of hydrogen-bond acceptors (Lipinski definition) is 5. The summed E-state index contributed by atoms with van der Waals surface area (Å²) in [5.74, 6) is 1.42. The van der Waals surface area contributed by atoms with E-state index in [1.807, 2.05) is 42.5 Å². The molecule has 1 aliphatic carbocycles. The Morgan fingerprint density at radius 3 is 2.22 bits per heavy atom. The van der Waals surface area contributed by atoms with E-state index in [9.17, 15) is 9.90 Å². The first kappa shape index (κ1) is 38.8. The average molecular weight is 687 g/mol. The number of rotatable bonds is 16. The van der Waals surface area contributed by atoms with Crippen LogP contribution in [0.1, 0.15) is 107 Å². The van der Waals surface area contributed by atoms with Crippen LogP contribution >= 0.6 is 0 Å². The second-order valence-corrected chi connectivity index (χ2v) is 21.0. The molecule has 0 spiro atoms. The van der Waals surface area contributed by atoms with Crippen LogP contribution in [-0.2, 0) is 35.3 Å². The van der Waals surface area contributed by atoms with Crippen LogP contribution in [-0.4, -0.2) is 38.0 Å². The van der Waals surface area contributed by atoms with Gasteiger partial charge < -0.3 is 24.9 Å². The number of benzene rings is 3. The molecule has 4 rings (SSSR count). The highest BCUT2D eigenvalue weighted by Gasteiger charge is 2.40. The molecule has 6 nitrogen and oxygen atoms in total. The lowest BCUT2D eigenvalue weighted by atomic mass is 9.93. The van der Waals surface area contributed by atoms with Gasteiger partial charge in [-0.1, -0.05) is 107 Å². The zero-order chi connectivity index (χ0) is 35.5. The van der Waals surface area contributed by atoms with Crippen molar-refractivity contribution in [2.45, 2.75) is 129 Å². The van der Waals surface area contributed by atoms with Crippen molar-refractivity contribution in [1.29, 1.82) is 0 Å². The van der Waals surface area contributed by atoms with E-state index < -0.39 is 8.32 Å². The first-order valence-corrected chi connectivity index (χ1v) is 21.3. The largest absolute Gasteiger partial charge is 0.489 e. The highest BCUT2D eigenvalue weighted by molar-refractivity contribution is 6.74. The second kappa shape index (κ2) is 17.8. The first-order valence-electron chi connectivity index (χ1n) is 18.4. The SMILES string of the molecule is CC(C)(Cc1cccc(CC(=O)NCC2CCCCCC2)c1)NC[C@H](O[Si](C)(C)C(C)(C)C)c1ccc(OCc2ccccc2)c(CO)c1. The van der Waals surface area contributed by atoms with Crippen molar-refractivity contribution < 1.29 is 19.1 Å². The molecule has 1 aliphatic rings. The third-order valence-electron chi connectivity index (χ3n) is 10.4. The van der Waals surface area contributed by atoms with Gasteiger partial charge in [0.15, 0.2) is 8.32 Å². The number of ether oxygens (including phenoxy) is 1. The summed E-state index contributed by atoms with van der Waals surface area (Å²) in [5.41, 5.74) is 4.90. The van der Waals surface area contributed by atoms with E-state index in [-0.39, 0.29) is 29.2 Å². The topological polar surface area (TPSA) is 79.8 Å². The fraction of sp³-hybridized carbons (Fsp3) is 0.548. The van der Waals surface area contributed by atoms with Gasteiger partial charge in [-0.25, -0.2) is 0 Å². The smallest absolute Gasteiger partial charge is 0.224 e. The lowest BCUT2D eigenvalue weighted by Crippen LogP contribution is -2.47. The number of carbonyl (C=O) groups is 1. The summed E-state index contributed by atoms with van der Waals surface area (Å²) in [6.45, 7) is 17.6. The third kappa shape index (κ3) is 12.4. The van der Waals surface area contributed by atoms with Gasteiger partial charge in [0.25, 0.3) is 0 Å². The van der Waals surface area contributed by atoms with E-state index in [2.05, 4.69) is 88.7 Å². The molecular formula is C42H62N2O4Si. The highest BCUT2D eigenvalue weighted by atomic mass is 28.4. The summed E-state index contributed by atoms with van der Waals surface area (Å²) in [4.78, 5) is 12.8. The minimum Gasteiger partial charge on any atom is -0.489 e. The molecule has 0 saturated heterocycles. The first-order chi connectivity index (χ1) is 23.2. The van der Waals surface area contributed by atoms with Gasteiger partial charge in [-0.05, 0) is 91.5 Å². The predicted molar refractivity (Wildman–Crippen MR) is 204 cm³/mol. The predicted octanol–water partition coefficient (Wildman–Crippen LogP) is 9.06. The zero-order valence-electron chi connectivity index (χ0n) is 31.2. The third-order valence-corrected chi connectivity index (χ3v) is 14.9. The summed E-state index contributed by atoms with van der Waals surface area (Å²) in [6, 6.07) is 24.6. The molecule has 0 aliphatic heterocycles. The van der Waals surface area contributed by atoms with E-state index >= 15 is 0 Å². The lowest BCUT2D eigenvalue weighted by Gasteiger charge is -2.40. The Morgan fingerprint density at radius 1 is 0.878 bits per heavy atom. The van der Waals surface area contributed by atoms with Gasteiger partial charge in [0, 0.05) is 24.2 Å². The van der Waals surface area contributed by atoms with Gasteiger partial charge in [0.2, 0.25) is 5.91 Å². The monoisotopic (exact) mass is 686 g/mol. The minimum absolute atomic E-state index is 0.0434. The summed E-state index contributed by atoms with van der Waals surface area (Å²) >= 11 is 0. The number of aliphatic hydroxyl groups is 1. The molecule has 3 N–H and O–H groups in total. The minimum atomic E-state index is -2.14. The van der Waals surface area contributed by atoms with Gasteiger partial charge in [0.1, 0.15) is 12.4 Å². The fourth-order valence-corrected chi connectivity index (χ4v) is 7.71. The zero-order valence-corrected chi connectivity index (χ0v) is 32.2. The molecule has 49 heavy (non-hydrogen) atoms. The van der Waals surface area contributed by atoms with Gasteiger partial charge in [-0.3, -0.25) is 4.79 Å². The molecule has 1 atom stereocenters. The van der Waals surface area contributed by atoms with Crippen LogP contribution in [0.15, 0.2) is 72.8 Å². The summed E-state index contributed by atoms with van der Waals surface area (Å²) in [6.07, 6.45) is 8.72. The molecule has 0 bridgehead atoms. The molecule has 1 amide bonds. The number of carbonyl (C=O) groups excluding carboxylic acids is 1. The van der Waals surface area contributed by atoms with Crippen LogP contribution in [0.3, 0.4) is 0 Å². The molecule has 3 aromatic rings. The molecule has 268 valence electrons. The number of aliphatic hydroxyl groups excluding tert-OH is 1. The summed E-state index contributed by atoms with van der Waals surface area (Å²) in [7, 11) is -2.14. The van der Waals surface area contributed by atoms with Crippen molar-refractivity contribution in [1.82, 2.24) is 10.6 Å². The molecule has 0 heterocycles. The Kier molecular flexibility index (Phi) is 14.1. The van der Waals surface area contributed by atoms with Gasteiger partial charge in [0.05, 0.1) is 19.1 Å². The maximum atomic E-state index is 12.8. The molecule has 1 fully saturated rings. The van der Waals surface area contributed by atoms with Crippen LogP contribution in [0.5, 0.6) is 5.75 Å². The summed E-state index contributed by atoms with van der Waals surface area (Å²) < 4.78 is 13.2. The molecule has 1 saturated carbocycles. The van der Waals surface area contributed by atoms with Gasteiger partial charge >= 0.3 is 0 Å². The van der Waals surface area contributed by atoms with Crippen LogP contribution in [0, 0.1) is 5.92 Å². The molecule has 0 radical (unpaired) electrons. The van der Waals surface area contributed by atoms with Crippen LogP contribution < -0.4 is 15.4 Å². The number of nitrogens with one attached hydrogen (secondary N) is 2. The van der Waals surface area contributed by atoms with Crippen LogP contribution in [0.2, 0.25) is 18.1 Å². The molecule has 0 aromatic heterocycles. The second-order valence-electron chi connectivity index (χ2n) is 16.3. The van der Waals surface area contributed by atoms with Crippen molar-refractivity contribution in [2.75, 3.05) is 13.1 Å². The van der Waals surface area contributed by atoms with E-state index in [0.717, 1.165) is 35.2 Å². The fourth-order valence-electron chi connectivity index (χ4n) is 6.42. The van der Waals surface area contributed by atoms with Crippen LogP contribution in [0.25, 0.3) is 0 Å². The normalized spacial score (nSPS) is 15.4. The van der Waals surface area contributed by atoms with Crippen molar-refractivity contribution >= 4 is 14.2 Å². The Balaban J connectivity index is 1.42. The molecule has 3 aromatic carbocycles. The van der Waals surface area contributed by atoms with Gasteiger partial charge in [-0.2, -0.15) is 0 Å². The standard InChI is InChI=1S/C42H62N2O4Si/c1-41(2,3)49(6,7)48-39(36-22-23-38(37(26-36)30-45)47-31-33-18-13-10-14-19-33)29-44-42(4,5)27-35-21-15-20-34(24-35)25-40(46)43-28-32-16-11-8-9-12-17-32/h10,13-15,18-24,26,32,39,44-45H,8-9,11-12,16-17,25,27-31H2,1-7H3,(H,43,46)/t39-/m0/s1. The quantitative estimate of drug-likeness (QED) is 0.104. The Morgan fingerprint density at radius 2 is 1.55 bits per heavy atom. The highest BCUT2D eigenvalue weighted by Crippen LogP contribution is 2.40. The number of amides is 1. The molecule has 7 heteroatoms. The van der Waals surface area contributed by atoms with Crippen molar-refractivity contribution in [3.05, 3.63) is 101 Å². The van der Waals surface area contributed by atoms with Gasteiger partial charge in [-0.15, -0.1) is 0 Å². The van der Waals surface area contributed by atoms with E-state index in [1.165, 1.54) is 44.1 Å². The lowest BCUT2D eigenvalue weighted by molar-refractivity contribution is -0.120.